The van der Waals surface area contributed by atoms with Crippen LogP contribution in [-0.4, -0.2) is 85.3 Å². The fourth-order valence-electron chi connectivity index (χ4n) is 7.64. The molecule has 4 amide bonds. The van der Waals surface area contributed by atoms with Crippen LogP contribution in [0.5, 0.6) is 0 Å². The number of likely N-dealkylation sites (N-methyl/N-ethyl adjacent to an activating group) is 2. The molecule has 0 bridgehead atoms. The Morgan fingerprint density at radius 3 is 1.38 bits per heavy atom. The Bertz CT molecular complexity index is 1430. The summed E-state index contributed by atoms with van der Waals surface area (Å²) < 4.78 is 0. The molecule has 6 N–H and O–H groups in total. The van der Waals surface area contributed by atoms with Gasteiger partial charge in [-0.15, -0.1) is 0 Å². The molecule has 286 valence electrons. The first-order valence-corrected chi connectivity index (χ1v) is 19.0. The van der Waals surface area contributed by atoms with E-state index >= 15 is 0 Å². The van der Waals surface area contributed by atoms with Crippen molar-refractivity contribution < 1.29 is 29.4 Å². The third-order valence-electron chi connectivity index (χ3n) is 10.2. The van der Waals surface area contributed by atoms with Crippen molar-refractivity contribution in [3.05, 3.63) is 47.5 Å². The normalized spacial score (nSPS) is 20.6. The summed E-state index contributed by atoms with van der Waals surface area (Å²) in [5, 5.41) is 31.7. The number of amides is 4. The number of fused-ring (bicyclic) bond motifs is 2. The lowest BCUT2D eigenvalue weighted by Crippen LogP contribution is -2.54. The van der Waals surface area contributed by atoms with Crippen LogP contribution in [0.3, 0.4) is 0 Å². The van der Waals surface area contributed by atoms with Crippen LogP contribution < -0.4 is 31.1 Å². The average molecular weight is 721 g/mol. The highest BCUT2D eigenvalue weighted by molar-refractivity contribution is 5.93. The molecule has 4 atom stereocenters. The molecule has 2 aliphatic heterocycles. The van der Waals surface area contributed by atoms with Gasteiger partial charge in [0.1, 0.15) is 12.1 Å². The molecule has 0 aromatic heterocycles. The molecule has 0 saturated heterocycles. The highest BCUT2D eigenvalue weighted by atomic mass is 16.3. The summed E-state index contributed by atoms with van der Waals surface area (Å²) in [6.45, 7) is 7.70. The van der Waals surface area contributed by atoms with E-state index in [1.54, 1.807) is 0 Å². The zero-order chi connectivity index (χ0) is 37.9. The van der Waals surface area contributed by atoms with Gasteiger partial charge in [-0.25, -0.2) is 0 Å². The minimum absolute atomic E-state index is 0.0424. The van der Waals surface area contributed by atoms with Crippen molar-refractivity contribution in [2.45, 2.75) is 116 Å². The minimum Gasteiger partial charge on any atom is -0.394 e. The van der Waals surface area contributed by atoms with Crippen molar-refractivity contribution in [1.29, 1.82) is 0 Å². The number of benzene rings is 2. The SMILES string of the molecule is CC(C)[C@H]1C(=O)N[C@H](CO)Cc2cc(NC(=O)CCCCCCCCC(=O)Nc3ccc4c(c3)C[C@@H](CO)NC(=O)[C@H](C(C)C)N4C)ccc2N1C. The van der Waals surface area contributed by atoms with Crippen LogP contribution in [0.4, 0.5) is 22.7 Å². The topological polar surface area (TPSA) is 163 Å². The van der Waals surface area contributed by atoms with Gasteiger partial charge in [0.15, 0.2) is 0 Å². The van der Waals surface area contributed by atoms with Crippen molar-refractivity contribution in [3.63, 3.8) is 0 Å². The molecular formula is C40H60N6O6. The van der Waals surface area contributed by atoms with Crippen molar-refractivity contribution in [2.24, 2.45) is 11.8 Å². The van der Waals surface area contributed by atoms with Crippen LogP contribution in [0.2, 0.25) is 0 Å². The molecular weight excluding hydrogens is 660 g/mol. The van der Waals surface area contributed by atoms with Gasteiger partial charge in [-0.05, 0) is 85.0 Å². The van der Waals surface area contributed by atoms with Crippen LogP contribution in [0.25, 0.3) is 0 Å². The summed E-state index contributed by atoms with van der Waals surface area (Å²) in [6.07, 6.45) is 7.18. The molecule has 0 saturated carbocycles. The van der Waals surface area contributed by atoms with E-state index in [1.807, 2.05) is 88.0 Å². The monoisotopic (exact) mass is 720 g/mol. The average Bonchev–Trinajstić information content (AvgIpc) is 3.07. The molecule has 0 spiro atoms. The molecule has 0 radical (unpaired) electrons. The van der Waals surface area contributed by atoms with Crippen LogP contribution in [0.1, 0.15) is 90.2 Å². The largest absolute Gasteiger partial charge is 0.394 e. The molecule has 52 heavy (non-hydrogen) atoms. The van der Waals surface area contributed by atoms with Crippen LogP contribution in [0.15, 0.2) is 36.4 Å². The van der Waals surface area contributed by atoms with Crippen molar-refractivity contribution in [1.82, 2.24) is 10.6 Å². The quantitative estimate of drug-likeness (QED) is 0.148. The number of hydrogen-bond donors (Lipinski definition) is 6. The maximum absolute atomic E-state index is 12.8. The molecule has 4 rings (SSSR count). The fourth-order valence-corrected chi connectivity index (χ4v) is 7.64. The third-order valence-corrected chi connectivity index (χ3v) is 10.2. The van der Waals surface area contributed by atoms with Gasteiger partial charge in [-0.1, -0.05) is 53.4 Å². The number of aliphatic hydroxyl groups is 2. The van der Waals surface area contributed by atoms with Gasteiger partial charge in [0.2, 0.25) is 23.6 Å². The van der Waals surface area contributed by atoms with E-state index in [9.17, 15) is 29.4 Å². The van der Waals surface area contributed by atoms with Gasteiger partial charge >= 0.3 is 0 Å². The number of anilines is 4. The molecule has 12 nitrogen and oxygen atoms in total. The summed E-state index contributed by atoms with van der Waals surface area (Å²) >= 11 is 0. The Morgan fingerprint density at radius 2 is 1.04 bits per heavy atom. The van der Waals surface area contributed by atoms with Crippen LogP contribution >= 0.6 is 0 Å². The van der Waals surface area contributed by atoms with Gasteiger partial charge in [-0.2, -0.15) is 0 Å². The van der Waals surface area contributed by atoms with Crippen molar-refractivity contribution in [3.8, 4) is 0 Å². The Hall–Kier alpha value is -4.16. The number of carbonyl (C=O) groups is 4. The summed E-state index contributed by atoms with van der Waals surface area (Å²) in [7, 11) is 3.82. The van der Waals surface area contributed by atoms with Gasteiger partial charge in [0.25, 0.3) is 0 Å². The van der Waals surface area contributed by atoms with E-state index in [-0.39, 0.29) is 72.8 Å². The van der Waals surface area contributed by atoms with Gasteiger partial charge in [-0.3, -0.25) is 19.2 Å². The van der Waals surface area contributed by atoms with Crippen LogP contribution in [-0.2, 0) is 32.0 Å². The van der Waals surface area contributed by atoms with Gasteiger partial charge in [0.05, 0.1) is 25.3 Å². The van der Waals surface area contributed by atoms with E-state index in [1.165, 1.54) is 0 Å². The van der Waals surface area contributed by atoms with Gasteiger partial charge < -0.3 is 41.3 Å². The zero-order valence-corrected chi connectivity index (χ0v) is 31.8. The fraction of sp³-hybridized carbons (Fsp3) is 0.600. The predicted octanol–water partition coefficient (Wildman–Crippen LogP) is 4.37. The second-order valence-corrected chi connectivity index (χ2v) is 15.2. The third kappa shape index (κ3) is 10.7. The van der Waals surface area contributed by atoms with Gasteiger partial charge in [0, 0.05) is 49.7 Å². The first kappa shape index (κ1) is 40.6. The minimum atomic E-state index is -0.389. The lowest BCUT2D eigenvalue weighted by molar-refractivity contribution is -0.125. The highest BCUT2D eigenvalue weighted by Crippen LogP contribution is 2.31. The Labute approximate surface area is 309 Å². The molecule has 2 aromatic carbocycles. The Kier molecular flexibility index (Phi) is 14.9. The zero-order valence-electron chi connectivity index (χ0n) is 31.8. The van der Waals surface area contributed by atoms with Crippen LogP contribution in [0, 0.1) is 11.8 Å². The predicted molar refractivity (Wildman–Crippen MR) is 207 cm³/mol. The van der Waals surface area contributed by atoms with E-state index < -0.39 is 0 Å². The van der Waals surface area contributed by atoms with E-state index in [4.69, 9.17) is 0 Å². The second-order valence-electron chi connectivity index (χ2n) is 15.2. The molecule has 0 unspecified atom stereocenters. The molecule has 2 aromatic rings. The first-order valence-electron chi connectivity index (χ1n) is 19.0. The Morgan fingerprint density at radius 1 is 0.673 bits per heavy atom. The number of carbonyl (C=O) groups excluding carboxylic acids is 4. The van der Waals surface area contributed by atoms with E-state index in [0.29, 0.717) is 37.1 Å². The molecule has 12 heteroatoms. The molecule has 0 aliphatic carbocycles. The number of hydrogen-bond acceptors (Lipinski definition) is 8. The Balaban J connectivity index is 1.17. The lowest BCUT2D eigenvalue weighted by atomic mass is 9.95. The maximum atomic E-state index is 12.8. The standard InChI is InChI=1S/C40H60N6O6/c1-25(2)37-39(51)43-31(23-47)21-27-19-29(15-17-33(27)45(37)5)41-35(49)13-11-9-7-8-10-12-14-36(50)42-30-16-18-34-28(20-30)22-32(24-48)44-40(52)38(26(3)4)46(34)6/h15-20,25-26,31-32,37-38,47-48H,7-14,21-24H2,1-6H3,(H,41,49)(H,42,50)(H,43,51)(H,44,52)/t31-,32-,37-,38-/m0/s1. The maximum Gasteiger partial charge on any atom is 0.243 e. The van der Waals surface area contributed by atoms with E-state index in [2.05, 4.69) is 21.3 Å². The molecule has 2 aliphatic rings. The van der Waals surface area contributed by atoms with Crippen molar-refractivity contribution in [2.75, 3.05) is 47.7 Å². The number of aliphatic hydroxyl groups excluding tert-OH is 2. The lowest BCUT2D eigenvalue weighted by Gasteiger charge is -2.37. The number of rotatable bonds is 15. The second kappa shape index (κ2) is 19.1. The molecule has 2 heterocycles. The number of nitrogens with zero attached hydrogens (tertiary/aromatic N) is 2. The van der Waals surface area contributed by atoms with E-state index in [0.717, 1.165) is 61.0 Å². The summed E-state index contributed by atoms with van der Waals surface area (Å²) in [4.78, 5) is 55.2. The van der Waals surface area contributed by atoms with Crippen molar-refractivity contribution >= 4 is 46.4 Å². The number of nitrogens with one attached hydrogen (secondary N) is 4. The summed E-state index contributed by atoms with van der Waals surface area (Å²) in [5.41, 5.74) is 5.19. The first-order chi connectivity index (χ1) is 24.8. The molecule has 0 fully saturated rings. The summed E-state index contributed by atoms with van der Waals surface area (Å²) in [6, 6.07) is 10.0. The number of unbranched alkanes of at least 4 members (excludes halogenated alkanes) is 5. The summed E-state index contributed by atoms with van der Waals surface area (Å²) in [5.74, 6) is -0.121. The smallest absolute Gasteiger partial charge is 0.243 e. The highest BCUT2D eigenvalue weighted by Gasteiger charge is 2.33.